The molecule has 7 rings (SSSR count). The van der Waals surface area contributed by atoms with E-state index in [-0.39, 0.29) is 78.3 Å². The predicted molar refractivity (Wildman–Crippen MR) is 328 cm³/mol. The van der Waals surface area contributed by atoms with Crippen molar-refractivity contribution in [3.63, 3.8) is 0 Å². The largest absolute Gasteiger partial charge is 1.00 e. The number of aromatic hydroxyl groups is 1. The molecule has 3 aliphatic rings. The number of phenols is 1. The van der Waals surface area contributed by atoms with E-state index in [1.807, 2.05) is 24.3 Å². The van der Waals surface area contributed by atoms with Crippen molar-refractivity contribution in [2.45, 2.75) is 145 Å². The standard InChI is InChI=1S/C60H79N11O20S2.Na/c1-32-30-71-50(51(32)78)56(83)62-29-38(73)27-41(63-52(79)35-12-14-36(15-13-35)57-67-68-58(92-57)37-16-18-40(19-17-37)88-24-10-8-6-7-9-23-87-5)53(80)64-47(33(2)72)59(84)70-31-39(74)28-42(70)54(81)65-48(55(82)66-49(60(71)85)44(76)21-22-69(4)61-3)45(77)25-34-11-20-43(75)46(26-34)89-93-91-90-86;/h11-20,26,32-33,38-39,41-42,44-45,47-51,72-78,86H,6-10,21-25,27-31H2,1-2,4-5H3,(H,62,83)(H,63,79)(H,64,80)(H,65,81)(H,66,82);/q;+1/p-1/t32-,33+,38+,39+,41+,42+,44-,45-,47+,48+,49+,50+,51+;/m1./s1. The number of aliphatic hydroxyl groups excluding tert-OH is 6. The number of carbonyl (C=O) groups is 7. The molecule has 12 N–H and O–H groups in total. The Morgan fingerprint density at radius 1 is 0.809 bits per heavy atom. The van der Waals surface area contributed by atoms with Gasteiger partial charge in [-0.15, -0.1) is 19.5 Å². The first-order chi connectivity index (χ1) is 44.5. The zero-order chi connectivity index (χ0) is 67.5. The number of benzene rings is 3. The summed E-state index contributed by atoms with van der Waals surface area (Å²) in [4.78, 5) is 107. The summed E-state index contributed by atoms with van der Waals surface area (Å²) in [5.41, 5.74) is 1.49. The number of unbranched alkanes of at least 4 members (excludes halogenated alkanes) is 4. The van der Waals surface area contributed by atoms with Crippen molar-refractivity contribution >= 4 is 65.0 Å². The second-order valence-corrected chi connectivity index (χ2v) is 24.4. The van der Waals surface area contributed by atoms with Crippen LogP contribution in [0.3, 0.4) is 0 Å². The Labute approximate surface area is 572 Å². The summed E-state index contributed by atoms with van der Waals surface area (Å²) in [6.07, 6.45) is -7.34. The van der Waals surface area contributed by atoms with Crippen molar-refractivity contribution in [1.82, 2.24) is 51.6 Å². The molecule has 4 aromatic rings. The molecule has 94 heavy (non-hydrogen) atoms. The van der Waals surface area contributed by atoms with Gasteiger partial charge in [-0.05, 0) is 80.3 Å². The van der Waals surface area contributed by atoms with E-state index in [0.29, 0.717) is 27.9 Å². The number of rotatable bonds is 25. The number of hydrogen-bond donors (Lipinski definition) is 12. The van der Waals surface area contributed by atoms with Gasteiger partial charge >= 0.3 is 29.6 Å². The summed E-state index contributed by atoms with van der Waals surface area (Å²) >= 11 is 1.30. The molecule has 0 radical (unpaired) electrons. The molecule has 3 fully saturated rings. The van der Waals surface area contributed by atoms with Crippen LogP contribution in [0, 0.1) is 12.5 Å². The smallest absolute Gasteiger partial charge is 0.691 e. The van der Waals surface area contributed by atoms with Gasteiger partial charge in [0, 0.05) is 75.2 Å². The number of amides is 7. The van der Waals surface area contributed by atoms with E-state index in [9.17, 15) is 74.6 Å². The quantitative estimate of drug-likeness (QED) is 0.00748. The molecule has 34 heteroatoms. The summed E-state index contributed by atoms with van der Waals surface area (Å²) in [6.45, 7) is 9.56. The third kappa shape index (κ3) is 20.8. The van der Waals surface area contributed by atoms with Crippen LogP contribution in [-0.2, 0) is 49.3 Å². The molecule has 0 unspecified atom stereocenters. The number of nitrogens with one attached hydrogen (secondary N) is 5. The molecule has 31 nitrogen and oxygen atoms in total. The molecular formula is C60H78N11NaO20S2. The fourth-order valence-corrected chi connectivity index (χ4v) is 12.0. The Hall–Kier alpha value is -6.85. The molecule has 0 aliphatic carbocycles. The van der Waals surface area contributed by atoms with Gasteiger partial charge in [0.25, 0.3) is 18.2 Å². The molecule has 3 aromatic carbocycles. The molecule has 3 aliphatic heterocycles. The van der Waals surface area contributed by atoms with E-state index < -0.39 is 158 Å². The van der Waals surface area contributed by atoms with Gasteiger partial charge in [-0.1, -0.05) is 55.7 Å². The normalized spacial score (nSPS) is 24.1. The van der Waals surface area contributed by atoms with E-state index in [1.54, 1.807) is 19.2 Å². The number of phenolic OH excluding ortho intramolecular Hbond substituents is 1. The Balaban J connectivity index is 0.0000140. The average molecular weight is 1360 g/mol. The van der Waals surface area contributed by atoms with Gasteiger partial charge in [0.05, 0.1) is 56.8 Å². The molecule has 0 spiro atoms. The van der Waals surface area contributed by atoms with Crippen molar-refractivity contribution in [3.8, 4) is 38.4 Å². The van der Waals surface area contributed by atoms with Crippen LogP contribution in [0.2, 0.25) is 0 Å². The molecule has 0 bridgehead atoms. The molecule has 13 atom stereocenters. The maximum absolute atomic E-state index is 14.9. The summed E-state index contributed by atoms with van der Waals surface area (Å²) in [7, 11) is 3.07. The van der Waals surface area contributed by atoms with E-state index in [2.05, 4.69) is 51.1 Å². The van der Waals surface area contributed by atoms with Gasteiger partial charge in [0.1, 0.15) is 52.0 Å². The first kappa shape index (κ1) is 76.2. The van der Waals surface area contributed by atoms with Gasteiger partial charge in [-0.3, -0.25) is 38.6 Å². The predicted octanol–water partition coefficient (Wildman–Crippen LogP) is -4.17. The number of ether oxygens (including phenoxy) is 2. The zero-order valence-electron chi connectivity index (χ0n) is 52.4. The second-order valence-electron chi connectivity index (χ2n) is 23.0. The number of methoxy groups -OCH3 is 1. The van der Waals surface area contributed by atoms with Crippen LogP contribution in [-0.4, -0.2) is 229 Å². The molecule has 4 heterocycles. The summed E-state index contributed by atoms with van der Waals surface area (Å²) in [5, 5.41) is 116. The third-order valence-corrected chi connectivity index (χ3v) is 17.4. The van der Waals surface area contributed by atoms with Crippen LogP contribution in [0.1, 0.15) is 81.1 Å². The van der Waals surface area contributed by atoms with E-state index in [0.717, 1.165) is 78.1 Å². The first-order valence-corrected chi connectivity index (χ1v) is 31.6. The minimum absolute atomic E-state index is 0. The Morgan fingerprint density at radius 2 is 1.44 bits per heavy atom. The summed E-state index contributed by atoms with van der Waals surface area (Å²) < 4.78 is 20.2. The van der Waals surface area contributed by atoms with Crippen molar-refractivity contribution in [2.24, 2.45) is 5.92 Å². The minimum atomic E-state index is -2.15. The van der Waals surface area contributed by atoms with E-state index in [4.69, 9.17) is 20.2 Å². The monoisotopic (exact) mass is 1360 g/mol. The van der Waals surface area contributed by atoms with Crippen LogP contribution in [0.25, 0.3) is 26.1 Å². The van der Waals surface area contributed by atoms with Crippen LogP contribution in [0.5, 0.6) is 17.2 Å². The molecule has 1 aromatic heterocycles. The van der Waals surface area contributed by atoms with Crippen molar-refractivity contribution < 1.29 is 127 Å². The van der Waals surface area contributed by atoms with E-state index in [1.165, 1.54) is 43.5 Å². The Kier molecular flexibility index (Phi) is 29.9. The average Bonchev–Trinajstić information content (AvgIpc) is 1.59. The number of β-amino-alcohol motifs (C(OH)–C–C–N with tert-alkyl or cyclic N) is 1. The van der Waals surface area contributed by atoms with Crippen molar-refractivity contribution in [1.29, 1.82) is 0 Å². The molecule has 7 amide bonds. The Bertz CT molecular complexity index is 3230. The van der Waals surface area contributed by atoms with Crippen LogP contribution >= 0.6 is 23.7 Å². The number of nitrogens with zero attached hydrogens (tertiary/aromatic N) is 6. The molecule has 506 valence electrons. The third-order valence-electron chi connectivity index (χ3n) is 16.0. The van der Waals surface area contributed by atoms with Gasteiger partial charge in [0.2, 0.25) is 35.4 Å². The summed E-state index contributed by atoms with van der Waals surface area (Å²) in [5.74, 6) is -8.87. The first-order valence-electron chi connectivity index (χ1n) is 30.1. The topological polar surface area (TPSA) is 430 Å². The number of aliphatic hydroxyl groups is 6. The van der Waals surface area contributed by atoms with Crippen LogP contribution in [0.4, 0.5) is 0 Å². The SMILES string of the molecule is [C-]#[N+]N(C)CC[C@@H](O)[C@@H]1NC(=O)[C@H]([C@H](O)Cc2ccc(O)c(OSOO[O-])c2)NC(=O)[C@@H]2C[C@H](O)CN2C(=O)[C@H]([C@H](C)O)NC(=O)[C@@H](NC(=O)c2ccc(-c3nnc(-c4ccc(OCCCCCCCOC)cc4)s3)cc2)C[C@H](O)CNC(=O)[C@@H]2[C@@H](O)[C@H](C)CN2C1=O.[Na+]. The van der Waals surface area contributed by atoms with Crippen LogP contribution < -0.4 is 70.3 Å². The maximum atomic E-state index is 14.9. The van der Waals surface area contributed by atoms with Gasteiger partial charge in [-0.2, -0.15) is 11.5 Å². The fraction of sp³-hybridized carbons (Fsp3) is 0.533. The maximum Gasteiger partial charge on any atom is 1.00 e. The number of carbonyl (C=O) groups excluding carboxylic acids is 7. The minimum Gasteiger partial charge on any atom is -0.691 e. The molecule has 3 saturated heterocycles. The van der Waals surface area contributed by atoms with Gasteiger partial charge in [-0.25, -0.2) is 0 Å². The Morgan fingerprint density at radius 3 is 2.09 bits per heavy atom. The van der Waals surface area contributed by atoms with E-state index >= 15 is 0 Å². The van der Waals surface area contributed by atoms with Crippen molar-refractivity contribution in [2.75, 3.05) is 53.6 Å². The molecule has 0 saturated carbocycles. The second kappa shape index (κ2) is 36.9. The fourth-order valence-electron chi connectivity index (χ4n) is 10.9. The number of fused-ring (bicyclic) bond motifs is 2. The summed E-state index contributed by atoms with van der Waals surface area (Å²) in [6, 6.07) is 5.71. The van der Waals surface area contributed by atoms with Gasteiger partial charge < -0.3 is 91.0 Å². The van der Waals surface area contributed by atoms with Crippen molar-refractivity contribution in [3.05, 3.63) is 89.4 Å². The van der Waals surface area contributed by atoms with Crippen LogP contribution in [0.15, 0.2) is 66.7 Å². The number of hydrogen-bond acceptors (Lipinski definition) is 25. The van der Waals surface area contributed by atoms with Gasteiger partial charge in [0.15, 0.2) is 11.5 Å². The number of aromatic nitrogens is 2. The zero-order valence-corrected chi connectivity index (χ0v) is 56.0. The molecular weight excluding hydrogens is 1280 g/mol.